The molecule has 1 saturated heterocycles. The third-order valence-corrected chi connectivity index (χ3v) is 5.82. The van der Waals surface area contributed by atoms with Gasteiger partial charge in [0.25, 0.3) is 5.69 Å². The summed E-state index contributed by atoms with van der Waals surface area (Å²) in [5, 5.41) is 11.7. The van der Waals surface area contributed by atoms with Crippen LogP contribution in [-0.2, 0) is 4.74 Å². The predicted octanol–water partition coefficient (Wildman–Crippen LogP) is 4.88. The molecule has 1 aliphatic heterocycles. The van der Waals surface area contributed by atoms with Gasteiger partial charge in [0.2, 0.25) is 5.78 Å². The number of carbonyl (C=O) groups is 2. The first-order chi connectivity index (χ1) is 14.3. The van der Waals surface area contributed by atoms with E-state index in [1.807, 2.05) is 4.90 Å². The molecule has 0 aliphatic carbocycles. The first-order valence-corrected chi connectivity index (χ1v) is 10.5. The van der Waals surface area contributed by atoms with Crippen molar-refractivity contribution in [2.24, 2.45) is 11.8 Å². The lowest BCUT2D eigenvalue weighted by molar-refractivity contribution is -0.384. The van der Waals surface area contributed by atoms with Gasteiger partial charge in [-0.2, -0.15) is 0 Å². The largest absolute Gasteiger partial charge is 0.454 e. The van der Waals surface area contributed by atoms with Crippen LogP contribution in [0.2, 0.25) is 0 Å². The van der Waals surface area contributed by atoms with Crippen LogP contribution in [0.25, 0.3) is 0 Å². The standard InChI is InChI=1S/C22H23BrN2O5/c1-14-9-15(2)12-24(11-14)19-8-7-16(10-20(19)25(28)29)22(27)30-13-21(26)17-5-3-4-6-18(17)23/h3-8,10,14-15H,9,11-13H2,1-2H3. The van der Waals surface area contributed by atoms with E-state index in [2.05, 4.69) is 29.8 Å². The zero-order valence-corrected chi connectivity index (χ0v) is 18.4. The fraction of sp³-hybridized carbons (Fsp3) is 0.364. The summed E-state index contributed by atoms with van der Waals surface area (Å²) in [6.45, 7) is 5.27. The number of benzene rings is 2. The van der Waals surface area contributed by atoms with E-state index in [1.165, 1.54) is 12.1 Å². The van der Waals surface area contributed by atoms with Crippen LogP contribution in [0.5, 0.6) is 0 Å². The van der Waals surface area contributed by atoms with Gasteiger partial charge in [-0.15, -0.1) is 0 Å². The van der Waals surface area contributed by atoms with Gasteiger partial charge in [0, 0.05) is 29.2 Å². The van der Waals surface area contributed by atoms with E-state index in [-0.39, 0.29) is 17.0 Å². The highest BCUT2D eigenvalue weighted by Gasteiger charge is 2.28. The Morgan fingerprint density at radius 3 is 2.47 bits per heavy atom. The van der Waals surface area contributed by atoms with Crippen LogP contribution in [0.15, 0.2) is 46.9 Å². The number of ketones is 1. The van der Waals surface area contributed by atoms with E-state index in [4.69, 9.17) is 4.74 Å². The molecule has 0 N–H and O–H groups in total. The smallest absolute Gasteiger partial charge is 0.338 e. The minimum absolute atomic E-state index is 0.0449. The van der Waals surface area contributed by atoms with Crippen molar-refractivity contribution < 1.29 is 19.2 Å². The zero-order valence-electron chi connectivity index (χ0n) is 16.8. The summed E-state index contributed by atoms with van der Waals surface area (Å²) in [6.07, 6.45) is 1.08. The van der Waals surface area contributed by atoms with E-state index >= 15 is 0 Å². The third-order valence-electron chi connectivity index (χ3n) is 5.13. The molecule has 30 heavy (non-hydrogen) atoms. The van der Waals surface area contributed by atoms with Gasteiger partial charge in [0.15, 0.2) is 6.61 Å². The number of nitro groups is 1. The van der Waals surface area contributed by atoms with Crippen LogP contribution in [0.3, 0.4) is 0 Å². The molecule has 2 aromatic carbocycles. The Kier molecular flexibility index (Phi) is 6.87. The Hall–Kier alpha value is -2.74. The van der Waals surface area contributed by atoms with Gasteiger partial charge in [-0.1, -0.05) is 48.0 Å². The second kappa shape index (κ2) is 9.38. The molecule has 1 aliphatic rings. The second-order valence-electron chi connectivity index (χ2n) is 7.79. The lowest BCUT2D eigenvalue weighted by Gasteiger charge is -2.36. The summed E-state index contributed by atoms with van der Waals surface area (Å²) in [5.41, 5.74) is 0.811. The summed E-state index contributed by atoms with van der Waals surface area (Å²) < 4.78 is 5.72. The van der Waals surface area contributed by atoms with E-state index in [1.54, 1.807) is 30.3 Å². The number of anilines is 1. The van der Waals surface area contributed by atoms with Crippen molar-refractivity contribution >= 4 is 39.1 Å². The highest BCUT2D eigenvalue weighted by Crippen LogP contribution is 2.34. The molecular formula is C22H23BrN2O5. The number of nitrogens with zero attached hydrogens (tertiary/aromatic N) is 2. The predicted molar refractivity (Wildman–Crippen MR) is 117 cm³/mol. The maximum atomic E-state index is 12.4. The Bertz CT molecular complexity index is 968. The number of piperidine rings is 1. The van der Waals surface area contributed by atoms with Gasteiger partial charge in [0.1, 0.15) is 5.69 Å². The molecule has 8 heteroatoms. The normalized spacial score (nSPS) is 18.7. The maximum absolute atomic E-state index is 12.4. The van der Waals surface area contributed by atoms with Crippen molar-refractivity contribution in [3.63, 3.8) is 0 Å². The summed E-state index contributed by atoms with van der Waals surface area (Å²) in [7, 11) is 0. The number of ether oxygens (including phenoxy) is 1. The third kappa shape index (κ3) is 5.05. The first-order valence-electron chi connectivity index (χ1n) is 9.74. The molecule has 0 saturated carbocycles. The molecule has 158 valence electrons. The molecule has 0 bridgehead atoms. The van der Waals surface area contributed by atoms with Crippen LogP contribution < -0.4 is 4.90 Å². The zero-order chi connectivity index (χ0) is 21.8. The first kappa shape index (κ1) is 22.0. The molecule has 2 unspecified atom stereocenters. The monoisotopic (exact) mass is 474 g/mol. The van der Waals surface area contributed by atoms with Crippen LogP contribution in [0.1, 0.15) is 41.0 Å². The average molecular weight is 475 g/mol. The van der Waals surface area contributed by atoms with Crippen LogP contribution in [0.4, 0.5) is 11.4 Å². The topological polar surface area (TPSA) is 89.8 Å². The number of halogens is 1. The number of esters is 1. The van der Waals surface area contributed by atoms with E-state index in [0.29, 0.717) is 27.6 Å². The lowest BCUT2D eigenvalue weighted by atomic mass is 9.91. The Balaban J connectivity index is 1.75. The Labute approximate surface area is 183 Å². The second-order valence-corrected chi connectivity index (χ2v) is 8.65. The van der Waals surface area contributed by atoms with Crippen molar-refractivity contribution in [3.8, 4) is 0 Å². The van der Waals surface area contributed by atoms with Crippen LogP contribution >= 0.6 is 15.9 Å². The SMILES string of the molecule is CC1CC(C)CN(c2ccc(C(=O)OCC(=O)c3ccccc3Br)cc2[N+](=O)[O-])C1. The van der Waals surface area contributed by atoms with Crippen molar-refractivity contribution in [3.05, 3.63) is 68.2 Å². The molecule has 2 aromatic rings. The highest BCUT2D eigenvalue weighted by molar-refractivity contribution is 9.10. The number of nitro benzene ring substituents is 1. The van der Waals surface area contributed by atoms with Crippen LogP contribution in [0, 0.1) is 22.0 Å². The molecular weight excluding hydrogens is 452 g/mol. The molecule has 7 nitrogen and oxygen atoms in total. The van der Waals surface area contributed by atoms with E-state index < -0.39 is 17.5 Å². The number of carbonyl (C=O) groups excluding carboxylic acids is 2. The van der Waals surface area contributed by atoms with Crippen molar-refractivity contribution in [2.75, 3.05) is 24.6 Å². The number of rotatable bonds is 6. The summed E-state index contributed by atoms with van der Waals surface area (Å²) in [6, 6.07) is 11.2. The fourth-order valence-corrected chi connectivity index (χ4v) is 4.41. The van der Waals surface area contributed by atoms with Gasteiger partial charge in [-0.3, -0.25) is 14.9 Å². The average Bonchev–Trinajstić information content (AvgIpc) is 2.70. The Morgan fingerprint density at radius 2 is 1.83 bits per heavy atom. The maximum Gasteiger partial charge on any atom is 0.338 e. The molecule has 0 amide bonds. The van der Waals surface area contributed by atoms with Gasteiger partial charge >= 0.3 is 5.97 Å². The van der Waals surface area contributed by atoms with Crippen molar-refractivity contribution in [1.82, 2.24) is 0 Å². The molecule has 3 rings (SSSR count). The van der Waals surface area contributed by atoms with Gasteiger partial charge < -0.3 is 9.64 Å². The van der Waals surface area contributed by atoms with Crippen molar-refractivity contribution in [1.29, 1.82) is 0 Å². The van der Waals surface area contributed by atoms with Gasteiger partial charge in [-0.25, -0.2) is 4.79 Å². The summed E-state index contributed by atoms with van der Waals surface area (Å²) in [5.74, 6) is -0.272. The summed E-state index contributed by atoms with van der Waals surface area (Å²) >= 11 is 3.29. The lowest BCUT2D eigenvalue weighted by Crippen LogP contribution is -2.39. The molecule has 0 radical (unpaired) electrons. The minimum Gasteiger partial charge on any atom is -0.454 e. The van der Waals surface area contributed by atoms with E-state index in [9.17, 15) is 19.7 Å². The Morgan fingerprint density at radius 1 is 1.17 bits per heavy atom. The number of hydrogen-bond donors (Lipinski definition) is 0. The number of hydrogen-bond acceptors (Lipinski definition) is 6. The fourth-order valence-electron chi connectivity index (χ4n) is 3.90. The molecule has 1 fully saturated rings. The molecule has 0 spiro atoms. The van der Waals surface area contributed by atoms with Gasteiger partial charge in [-0.05, 0) is 36.5 Å². The van der Waals surface area contributed by atoms with E-state index in [0.717, 1.165) is 19.5 Å². The molecule has 2 atom stereocenters. The quantitative estimate of drug-likeness (QED) is 0.256. The minimum atomic E-state index is -0.773. The van der Waals surface area contributed by atoms with Crippen LogP contribution in [-0.4, -0.2) is 36.4 Å². The highest BCUT2D eigenvalue weighted by atomic mass is 79.9. The van der Waals surface area contributed by atoms with Crippen molar-refractivity contribution in [2.45, 2.75) is 20.3 Å². The molecule has 1 heterocycles. The summed E-state index contributed by atoms with van der Waals surface area (Å²) in [4.78, 5) is 37.9. The number of Topliss-reactive ketones (excluding diaryl/α,β-unsaturated/α-hetero) is 1. The van der Waals surface area contributed by atoms with Gasteiger partial charge in [0.05, 0.1) is 10.5 Å². The molecule has 0 aromatic heterocycles.